The summed E-state index contributed by atoms with van der Waals surface area (Å²) in [5, 5.41) is 12.5. The highest BCUT2D eigenvalue weighted by Gasteiger charge is 2.18. The molecule has 0 saturated heterocycles. The van der Waals surface area contributed by atoms with E-state index in [0.29, 0.717) is 5.13 Å². The van der Waals surface area contributed by atoms with E-state index in [0.717, 1.165) is 32.4 Å². The van der Waals surface area contributed by atoms with Crippen LogP contribution in [0, 0.1) is 0 Å². The first kappa shape index (κ1) is 14.3. The topological polar surface area (TPSA) is 46.8 Å². The highest BCUT2D eigenvalue weighted by Crippen LogP contribution is 2.32. The Balaban J connectivity index is 2.19. The normalized spacial score (nSPS) is 11.5. The number of alkyl halides is 2. The van der Waals surface area contributed by atoms with Crippen molar-refractivity contribution in [1.82, 2.24) is 20.0 Å². The van der Waals surface area contributed by atoms with E-state index < -0.39 is 6.43 Å². The van der Waals surface area contributed by atoms with Crippen LogP contribution in [0.3, 0.4) is 0 Å². The molecule has 0 bridgehead atoms. The molecule has 0 N–H and O–H groups in total. The number of rotatable bonds is 3. The summed E-state index contributed by atoms with van der Waals surface area (Å²) >= 11 is 4.28. The zero-order chi connectivity index (χ0) is 15.1. The fourth-order valence-corrected chi connectivity index (χ4v) is 3.10. The number of hydrogen-bond acceptors (Lipinski definition) is 5. The van der Waals surface area contributed by atoms with Crippen molar-refractivity contribution in [2.45, 2.75) is 6.43 Å². The van der Waals surface area contributed by atoms with Gasteiger partial charge in [0.1, 0.15) is 0 Å². The average Bonchev–Trinajstić information content (AvgIpc) is 3.02. The van der Waals surface area contributed by atoms with E-state index in [1.165, 1.54) is 4.68 Å². The van der Waals surface area contributed by atoms with Crippen molar-refractivity contribution in [3.05, 3.63) is 27.8 Å². The smallest absolute Gasteiger partial charge is 0.291 e. The highest BCUT2D eigenvalue weighted by atomic mass is 79.9. The minimum Gasteiger partial charge on any atom is -0.377 e. The predicted molar refractivity (Wildman–Crippen MR) is 81.5 cm³/mol. The van der Waals surface area contributed by atoms with E-state index in [1.54, 1.807) is 6.20 Å². The Bertz CT molecular complexity index is 798. The molecule has 0 unspecified atom stereocenters. The Labute approximate surface area is 131 Å². The molecule has 0 aliphatic carbocycles. The van der Waals surface area contributed by atoms with Crippen LogP contribution in [0.1, 0.15) is 11.4 Å². The number of anilines is 1. The van der Waals surface area contributed by atoms with Crippen LogP contribution in [-0.4, -0.2) is 34.1 Å². The summed E-state index contributed by atoms with van der Waals surface area (Å²) in [5.74, 6) is 0. The molecule has 21 heavy (non-hydrogen) atoms. The van der Waals surface area contributed by atoms with Crippen molar-refractivity contribution in [2.75, 3.05) is 19.0 Å². The Morgan fingerprint density at radius 3 is 2.67 bits per heavy atom. The molecule has 3 aromatic rings. The van der Waals surface area contributed by atoms with Crippen molar-refractivity contribution in [3.63, 3.8) is 0 Å². The van der Waals surface area contributed by atoms with Gasteiger partial charge in [-0.05, 0) is 12.1 Å². The van der Waals surface area contributed by atoms with E-state index in [4.69, 9.17) is 0 Å². The van der Waals surface area contributed by atoms with Crippen LogP contribution in [0.4, 0.5) is 14.5 Å². The number of hydrogen-bond donors (Lipinski definition) is 0. The van der Waals surface area contributed by atoms with E-state index in [9.17, 15) is 8.78 Å². The maximum absolute atomic E-state index is 12.6. The van der Waals surface area contributed by atoms with Crippen molar-refractivity contribution in [2.24, 2.45) is 0 Å². The number of benzene rings is 1. The van der Waals surface area contributed by atoms with Gasteiger partial charge in [-0.2, -0.15) is 5.10 Å². The fraction of sp³-hybridized carbons (Fsp3) is 0.250. The summed E-state index contributed by atoms with van der Waals surface area (Å²) in [4.78, 5) is 1.96. The first-order chi connectivity index (χ1) is 9.97. The molecule has 2 aromatic heterocycles. The van der Waals surface area contributed by atoms with Crippen molar-refractivity contribution in [3.8, 4) is 5.13 Å². The van der Waals surface area contributed by atoms with Crippen LogP contribution in [0.25, 0.3) is 16.0 Å². The molecule has 9 heteroatoms. The molecule has 1 aromatic carbocycles. The Hall–Kier alpha value is -1.61. The Morgan fingerprint density at radius 2 is 2.05 bits per heavy atom. The van der Waals surface area contributed by atoms with Crippen molar-refractivity contribution in [1.29, 1.82) is 0 Å². The standard InChI is InChI=1S/C12H10BrF2N5S/c1-19(2)8-3-6(13)4-9-7(8)5-16-20(9)12-18-17-11(21-12)10(14)15/h3-5,10H,1-2H3. The average molecular weight is 374 g/mol. The number of nitrogens with zero attached hydrogens (tertiary/aromatic N) is 5. The molecule has 5 nitrogen and oxygen atoms in total. The van der Waals surface area contributed by atoms with Gasteiger partial charge in [0.05, 0.1) is 11.7 Å². The van der Waals surface area contributed by atoms with E-state index in [1.807, 2.05) is 31.1 Å². The van der Waals surface area contributed by atoms with E-state index in [2.05, 4.69) is 31.2 Å². The number of aromatic nitrogens is 4. The first-order valence-electron chi connectivity index (χ1n) is 5.94. The molecule has 0 saturated carbocycles. The van der Waals surface area contributed by atoms with Crippen LogP contribution in [0.5, 0.6) is 0 Å². The predicted octanol–water partition coefficient (Wildman–Crippen LogP) is 3.64. The van der Waals surface area contributed by atoms with Gasteiger partial charge in [0.2, 0.25) is 5.13 Å². The second-order valence-corrected chi connectivity index (χ2v) is 6.44. The van der Waals surface area contributed by atoms with Crippen LogP contribution in [0.15, 0.2) is 22.8 Å². The maximum Gasteiger partial charge on any atom is 0.291 e. The molecule has 0 fully saturated rings. The molecule has 110 valence electrons. The van der Waals surface area contributed by atoms with Crippen LogP contribution < -0.4 is 4.90 Å². The lowest BCUT2D eigenvalue weighted by atomic mass is 10.2. The van der Waals surface area contributed by atoms with Crippen molar-refractivity contribution >= 4 is 43.9 Å². The molecular formula is C12H10BrF2N5S. The lowest BCUT2D eigenvalue weighted by Crippen LogP contribution is -2.09. The Kier molecular flexibility index (Phi) is 3.62. The van der Waals surface area contributed by atoms with Crippen molar-refractivity contribution < 1.29 is 8.78 Å². The lowest BCUT2D eigenvalue weighted by molar-refractivity contribution is 0.150. The van der Waals surface area contributed by atoms with E-state index >= 15 is 0 Å². The van der Waals surface area contributed by atoms with Crippen LogP contribution >= 0.6 is 27.3 Å². The number of halogens is 3. The summed E-state index contributed by atoms with van der Waals surface area (Å²) < 4.78 is 27.7. The molecule has 0 amide bonds. The summed E-state index contributed by atoms with van der Waals surface area (Å²) in [7, 11) is 3.86. The second kappa shape index (κ2) is 5.30. The van der Waals surface area contributed by atoms with Gasteiger partial charge in [-0.3, -0.25) is 0 Å². The molecule has 3 rings (SSSR count). The van der Waals surface area contributed by atoms with Crippen LogP contribution in [-0.2, 0) is 0 Å². The maximum atomic E-state index is 12.6. The van der Waals surface area contributed by atoms with Gasteiger partial charge in [0.25, 0.3) is 6.43 Å². The zero-order valence-electron chi connectivity index (χ0n) is 11.1. The van der Waals surface area contributed by atoms with Gasteiger partial charge in [-0.15, -0.1) is 10.2 Å². The zero-order valence-corrected chi connectivity index (χ0v) is 13.5. The minimum absolute atomic E-state index is 0.309. The molecule has 0 atom stereocenters. The Morgan fingerprint density at radius 1 is 1.29 bits per heavy atom. The van der Waals surface area contributed by atoms with Crippen LogP contribution in [0.2, 0.25) is 0 Å². The minimum atomic E-state index is -2.62. The number of fused-ring (bicyclic) bond motifs is 1. The van der Waals surface area contributed by atoms with Gasteiger partial charge < -0.3 is 4.90 Å². The summed E-state index contributed by atoms with van der Waals surface area (Å²) in [5.41, 5.74) is 1.76. The highest BCUT2D eigenvalue weighted by molar-refractivity contribution is 9.10. The van der Waals surface area contributed by atoms with Gasteiger partial charge in [-0.1, -0.05) is 27.3 Å². The summed E-state index contributed by atoms with van der Waals surface area (Å²) in [6, 6.07) is 3.85. The summed E-state index contributed by atoms with van der Waals surface area (Å²) in [6.45, 7) is 0. The second-order valence-electron chi connectivity index (χ2n) is 4.53. The summed E-state index contributed by atoms with van der Waals surface area (Å²) in [6.07, 6.45) is -0.928. The SMILES string of the molecule is CN(C)c1cc(Br)cc2c1cnn2-c1nnc(C(F)F)s1. The monoisotopic (exact) mass is 373 g/mol. The molecule has 0 spiro atoms. The largest absolute Gasteiger partial charge is 0.377 e. The van der Waals surface area contributed by atoms with Gasteiger partial charge in [-0.25, -0.2) is 13.5 Å². The quantitative estimate of drug-likeness (QED) is 0.702. The first-order valence-corrected chi connectivity index (χ1v) is 7.55. The third-order valence-corrected chi connectivity index (χ3v) is 4.28. The molecule has 0 radical (unpaired) electrons. The molecule has 0 aliphatic rings. The molecule has 2 heterocycles. The lowest BCUT2D eigenvalue weighted by Gasteiger charge is -2.14. The third kappa shape index (κ3) is 2.51. The van der Waals surface area contributed by atoms with Gasteiger partial charge in [0, 0.05) is 29.6 Å². The van der Waals surface area contributed by atoms with E-state index in [-0.39, 0.29) is 5.01 Å². The third-order valence-electron chi connectivity index (χ3n) is 2.91. The fourth-order valence-electron chi connectivity index (χ4n) is 2.00. The van der Waals surface area contributed by atoms with Gasteiger partial charge in [0.15, 0.2) is 5.01 Å². The molecule has 0 aliphatic heterocycles. The van der Waals surface area contributed by atoms with Gasteiger partial charge >= 0.3 is 0 Å². The molecular weight excluding hydrogens is 364 g/mol.